The summed E-state index contributed by atoms with van der Waals surface area (Å²) in [5, 5.41) is 17.2. The molecule has 0 saturated carbocycles. The summed E-state index contributed by atoms with van der Waals surface area (Å²) < 4.78 is 15.7. The molecule has 0 aromatic heterocycles. The second-order valence-electron chi connectivity index (χ2n) is 3.44. The highest BCUT2D eigenvalue weighted by atomic mass is 28.3. The second kappa shape index (κ2) is 12.3. The van der Waals surface area contributed by atoms with Crippen molar-refractivity contribution in [2.45, 2.75) is 20.8 Å². The fourth-order valence-corrected chi connectivity index (χ4v) is 2.28. The highest BCUT2D eigenvalue weighted by molar-refractivity contribution is 6.58. The fourth-order valence-electron chi connectivity index (χ4n) is 1.18. The van der Waals surface area contributed by atoms with Gasteiger partial charge in [-0.3, -0.25) is 0 Å². The first-order valence-electron chi connectivity index (χ1n) is 6.41. The molecule has 1 aromatic carbocycles. The van der Waals surface area contributed by atoms with Gasteiger partial charge in [-0.2, -0.15) is 0 Å². The van der Waals surface area contributed by atoms with Gasteiger partial charge in [-0.15, -0.1) is 0 Å². The summed E-state index contributed by atoms with van der Waals surface area (Å²) in [6, 6.07) is 8.66. The third-order valence-corrected chi connectivity index (χ3v) is 3.82. The van der Waals surface area contributed by atoms with Gasteiger partial charge in [0.05, 0.1) is 0 Å². The Kier molecular flexibility index (Phi) is 11.9. The van der Waals surface area contributed by atoms with Crippen LogP contribution < -0.4 is 5.46 Å². The fraction of sp³-hybridized carbons (Fsp3) is 0.500. The first-order chi connectivity index (χ1) is 9.15. The number of benzene rings is 1. The van der Waals surface area contributed by atoms with Crippen LogP contribution in [-0.2, 0) is 13.3 Å². The van der Waals surface area contributed by atoms with Gasteiger partial charge in [-0.05, 0) is 26.2 Å². The van der Waals surface area contributed by atoms with Gasteiger partial charge in [0, 0.05) is 19.8 Å². The van der Waals surface area contributed by atoms with E-state index >= 15 is 0 Å². The summed E-state index contributed by atoms with van der Waals surface area (Å²) in [6.07, 6.45) is 0. The first kappa shape index (κ1) is 18.3. The van der Waals surface area contributed by atoms with E-state index in [1.54, 1.807) is 24.3 Å². The molecule has 0 radical (unpaired) electrons. The molecule has 0 aliphatic carbocycles. The molecule has 0 amide bonds. The Balaban J connectivity index is 0.000000342. The summed E-state index contributed by atoms with van der Waals surface area (Å²) in [7, 11) is -3.08. The van der Waals surface area contributed by atoms with E-state index in [9.17, 15) is 0 Å². The highest BCUT2D eigenvalue weighted by Gasteiger charge is 2.11. The van der Waals surface area contributed by atoms with Gasteiger partial charge >= 0.3 is 16.6 Å². The van der Waals surface area contributed by atoms with E-state index in [2.05, 4.69) is 0 Å². The number of hydrogen-bond acceptors (Lipinski definition) is 5. The molecule has 0 unspecified atom stereocenters. The van der Waals surface area contributed by atoms with Crippen molar-refractivity contribution >= 4 is 22.1 Å². The lowest BCUT2D eigenvalue weighted by Gasteiger charge is -2.12. The molecule has 0 aliphatic rings. The molecule has 1 aromatic rings. The number of rotatable bonds is 7. The molecule has 5 nitrogen and oxygen atoms in total. The van der Waals surface area contributed by atoms with Crippen LogP contribution >= 0.6 is 0 Å². The van der Waals surface area contributed by atoms with E-state index < -0.39 is 16.6 Å². The van der Waals surface area contributed by atoms with Gasteiger partial charge in [0.1, 0.15) is 0 Å². The molecular weight excluding hydrogens is 263 g/mol. The van der Waals surface area contributed by atoms with Crippen LogP contribution in [0.4, 0.5) is 0 Å². The molecule has 1 rings (SSSR count). The van der Waals surface area contributed by atoms with Crippen LogP contribution in [0.25, 0.3) is 0 Å². The zero-order valence-electron chi connectivity index (χ0n) is 11.8. The zero-order valence-corrected chi connectivity index (χ0v) is 12.9. The van der Waals surface area contributed by atoms with E-state index in [1.807, 2.05) is 26.8 Å². The van der Waals surface area contributed by atoms with Crippen molar-refractivity contribution in [3.8, 4) is 0 Å². The third-order valence-electron chi connectivity index (χ3n) is 2.01. The van der Waals surface area contributed by atoms with Crippen LogP contribution in [0.15, 0.2) is 30.3 Å². The average molecular weight is 286 g/mol. The molecular formula is C12H23BO5Si. The molecule has 0 atom stereocenters. The SMILES string of the molecule is CCO[SiH](OCC)OCC.OB(O)c1ccccc1. The van der Waals surface area contributed by atoms with Crippen molar-refractivity contribution in [2.75, 3.05) is 19.8 Å². The summed E-state index contributed by atoms with van der Waals surface area (Å²) in [5.74, 6) is 0. The van der Waals surface area contributed by atoms with Gasteiger partial charge in [0.25, 0.3) is 0 Å². The smallest absolute Gasteiger partial charge is 0.423 e. The van der Waals surface area contributed by atoms with E-state index in [1.165, 1.54) is 0 Å². The standard InChI is InChI=1S/C6H7BO2.C6H16O3Si/c8-7(9)6-4-2-1-3-5-6;1-4-7-10(8-5-2)9-6-3/h1-5,8-9H;10H,4-6H2,1-3H3. The monoisotopic (exact) mass is 286 g/mol. The van der Waals surface area contributed by atoms with Crippen molar-refractivity contribution in [1.29, 1.82) is 0 Å². The van der Waals surface area contributed by atoms with Crippen molar-refractivity contribution in [2.24, 2.45) is 0 Å². The minimum atomic E-state index is -1.73. The second-order valence-corrected chi connectivity index (χ2v) is 5.02. The maximum absolute atomic E-state index is 8.58. The lowest BCUT2D eigenvalue weighted by atomic mass is 9.81. The van der Waals surface area contributed by atoms with E-state index in [0.29, 0.717) is 25.3 Å². The van der Waals surface area contributed by atoms with E-state index in [-0.39, 0.29) is 0 Å². The van der Waals surface area contributed by atoms with Crippen molar-refractivity contribution in [3.05, 3.63) is 30.3 Å². The normalized spacial score (nSPS) is 10.0. The summed E-state index contributed by atoms with van der Waals surface area (Å²) in [5.41, 5.74) is 0.525. The maximum atomic E-state index is 8.58. The zero-order chi connectivity index (χ0) is 14.5. The largest absolute Gasteiger partial charge is 0.488 e. The van der Waals surface area contributed by atoms with E-state index in [4.69, 9.17) is 23.3 Å². The molecule has 0 saturated heterocycles. The van der Waals surface area contributed by atoms with E-state index in [0.717, 1.165) is 0 Å². The van der Waals surface area contributed by atoms with Crippen LogP contribution in [0.2, 0.25) is 0 Å². The topological polar surface area (TPSA) is 68.2 Å². The Morgan fingerprint density at radius 3 is 1.58 bits per heavy atom. The lowest BCUT2D eigenvalue weighted by molar-refractivity contribution is 0.107. The Hall–Kier alpha value is -0.698. The Labute approximate surface area is 117 Å². The van der Waals surface area contributed by atoms with Crippen molar-refractivity contribution in [3.63, 3.8) is 0 Å². The molecule has 108 valence electrons. The summed E-state index contributed by atoms with van der Waals surface area (Å²) in [4.78, 5) is 0. The van der Waals surface area contributed by atoms with Crippen LogP contribution in [0.1, 0.15) is 20.8 Å². The molecule has 0 aliphatic heterocycles. The molecule has 7 heteroatoms. The number of hydrogen-bond donors (Lipinski definition) is 2. The summed E-state index contributed by atoms with van der Waals surface area (Å²) in [6.45, 7) is 7.86. The average Bonchev–Trinajstić information content (AvgIpc) is 2.41. The van der Waals surface area contributed by atoms with Crippen LogP contribution in [0, 0.1) is 0 Å². The predicted octanol–water partition coefficient (Wildman–Crippen LogP) is 0.179. The van der Waals surface area contributed by atoms with Crippen molar-refractivity contribution in [1.82, 2.24) is 0 Å². The first-order valence-corrected chi connectivity index (χ1v) is 7.82. The minimum absolute atomic E-state index is 0.525. The lowest BCUT2D eigenvalue weighted by Crippen LogP contribution is -2.29. The van der Waals surface area contributed by atoms with Gasteiger partial charge in [-0.25, -0.2) is 0 Å². The van der Waals surface area contributed by atoms with Gasteiger partial charge in [-0.1, -0.05) is 30.3 Å². The van der Waals surface area contributed by atoms with Gasteiger partial charge in [0.2, 0.25) is 0 Å². The molecule has 0 heterocycles. The third kappa shape index (κ3) is 9.83. The molecule has 0 fully saturated rings. The Morgan fingerprint density at radius 1 is 0.895 bits per heavy atom. The molecule has 0 bridgehead atoms. The van der Waals surface area contributed by atoms with Crippen LogP contribution in [0.3, 0.4) is 0 Å². The van der Waals surface area contributed by atoms with Gasteiger partial charge < -0.3 is 23.3 Å². The van der Waals surface area contributed by atoms with Crippen LogP contribution in [-0.4, -0.2) is 46.5 Å². The quantitative estimate of drug-likeness (QED) is 0.700. The van der Waals surface area contributed by atoms with Gasteiger partial charge in [0.15, 0.2) is 0 Å². The Morgan fingerprint density at radius 2 is 1.32 bits per heavy atom. The van der Waals surface area contributed by atoms with Crippen LogP contribution in [0.5, 0.6) is 0 Å². The van der Waals surface area contributed by atoms with Crippen molar-refractivity contribution < 1.29 is 23.3 Å². The maximum Gasteiger partial charge on any atom is 0.488 e. The minimum Gasteiger partial charge on any atom is -0.423 e. The highest BCUT2D eigenvalue weighted by Crippen LogP contribution is 1.91. The predicted molar refractivity (Wildman–Crippen MR) is 78.3 cm³/mol. The molecule has 0 spiro atoms. The molecule has 2 N–H and O–H groups in total. The summed E-state index contributed by atoms with van der Waals surface area (Å²) >= 11 is 0. The molecule has 19 heavy (non-hydrogen) atoms. The Bertz CT molecular complexity index is 285.